The third kappa shape index (κ3) is 2.04. The molecule has 1 aliphatic rings. The Morgan fingerprint density at radius 2 is 1.04 bits per heavy atom. The van der Waals surface area contributed by atoms with Crippen LogP contribution in [0.1, 0.15) is 11.1 Å². The van der Waals surface area contributed by atoms with Crippen LogP contribution in [0, 0.1) is 0 Å². The summed E-state index contributed by atoms with van der Waals surface area (Å²) in [6, 6.07) is 8.81. The topological polar surface area (TPSA) is 18.5 Å². The number of fused-ring (bicyclic) bond motifs is 2. The van der Waals surface area contributed by atoms with Crippen molar-refractivity contribution in [3.8, 4) is 11.5 Å². The van der Waals surface area contributed by atoms with Crippen LogP contribution >= 0.6 is 0 Å². The van der Waals surface area contributed by atoms with Crippen molar-refractivity contribution < 1.29 is 9.47 Å². The first-order valence-electron chi connectivity index (χ1n) is 8.29. The van der Waals surface area contributed by atoms with Crippen LogP contribution < -0.4 is 9.47 Å². The largest absolute Gasteiger partial charge is 0.496 e. The highest BCUT2D eigenvalue weighted by molar-refractivity contribution is 7.01. The van der Waals surface area contributed by atoms with Crippen molar-refractivity contribution in [1.82, 2.24) is 0 Å². The third-order valence-electron chi connectivity index (χ3n) is 5.51. The Morgan fingerprint density at radius 1 is 0.696 bits per heavy atom. The number of hydrogen-bond donors (Lipinski definition) is 0. The molecule has 3 rings (SSSR count). The highest BCUT2D eigenvalue weighted by Gasteiger charge is 2.65. The van der Waals surface area contributed by atoms with Gasteiger partial charge in [0.15, 0.2) is 0 Å². The molecule has 23 heavy (non-hydrogen) atoms. The van der Waals surface area contributed by atoms with Crippen LogP contribution in [-0.4, -0.2) is 30.4 Å². The molecular weight excluding hydrogens is 316 g/mol. The van der Waals surface area contributed by atoms with Crippen LogP contribution in [0.15, 0.2) is 24.3 Å². The van der Waals surface area contributed by atoms with E-state index in [1.807, 2.05) is 12.1 Å². The highest BCUT2D eigenvalue weighted by atomic mass is 28.4. The van der Waals surface area contributed by atoms with E-state index < -0.39 is 16.1 Å². The van der Waals surface area contributed by atoms with Crippen molar-refractivity contribution in [2.75, 3.05) is 14.2 Å². The van der Waals surface area contributed by atoms with E-state index in [9.17, 15) is 0 Å². The minimum Gasteiger partial charge on any atom is -0.496 e. The summed E-state index contributed by atoms with van der Waals surface area (Å²) in [5.74, 6) is 1.88. The quantitative estimate of drug-likeness (QED) is 0.709. The Hall–Kier alpha value is -1.27. The lowest BCUT2D eigenvalue weighted by Crippen LogP contribution is -2.55. The average Bonchev–Trinajstić information content (AvgIpc) is 3.12. The van der Waals surface area contributed by atoms with Gasteiger partial charge in [0.2, 0.25) is 0 Å². The van der Waals surface area contributed by atoms with Gasteiger partial charge in [-0.05, 0) is 35.4 Å². The maximum absolute atomic E-state index is 5.61. The zero-order chi connectivity index (χ0) is 17.2. The van der Waals surface area contributed by atoms with Crippen LogP contribution in [0.3, 0.4) is 0 Å². The highest BCUT2D eigenvalue weighted by Crippen LogP contribution is 2.62. The molecule has 0 unspecified atom stereocenters. The van der Waals surface area contributed by atoms with E-state index in [2.05, 4.69) is 51.4 Å². The first kappa shape index (κ1) is 16.6. The number of methoxy groups -OCH3 is 2. The van der Waals surface area contributed by atoms with E-state index in [-0.39, 0.29) is 0 Å². The van der Waals surface area contributed by atoms with E-state index in [1.165, 1.54) is 10.8 Å². The molecule has 0 fully saturated rings. The van der Waals surface area contributed by atoms with E-state index in [0.29, 0.717) is 4.66 Å². The molecule has 0 spiro atoms. The van der Waals surface area contributed by atoms with Gasteiger partial charge in [0, 0.05) is 15.4 Å². The Kier molecular flexibility index (Phi) is 3.51. The van der Waals surface area contributed by atoms with Gasteiger partial charge in [-0.3, -0.25) is 0 Å². The maximum Gasteiger partial charge on any atom is 0.126 e. The zero-order valence-corrected chi connectivity index (χ0v) is 17.6. The van der Waals surface area contributed by atoms with Gasteiger partial charge in [-0.1, -0.05) is 39.3 Å². The summed E-state index contributed by atoms with van der Waals surface area (Å²) >= 11 is 0. The number of rotatable bonds is 4. The summed E-state index contributed by atoms with van der Waals surface area (Å²) in [7, 11) is 0.718. The van der Waals surface area contributed by atoms with Crippen molar-refractivity contribution >= 4 is 26.9 Å². The molecule has 0 amide bonds. The van der Waals surface area contributed by atoms with Crippen molar-refractivity contribution in [2.45, 2.75) is 43.9 Å². The summed E-state index contributed by atoms with van der Waals surface area (Å²) in [5.41, 5.74) is 3.16. The van der Waals surface area contributed by atoms with Gasteiger partial charge in [0.1, 0.15) is 11.5 Å². The number of hydrogen-bond acceptors (Lipinski definition) is 2. The fourth-order valence-electron chi connectivity index (χ4n) is 4.97. The molecule has 2 aromatic rings. The Labute approximate surface area is 141 Å². The lowest BCUT2D eigenvalue weighted by molar-refractivity contribution is 0.410. The molecule has 2 aromatic carbocycles. The van der Waals surface area contributed by atoms with Gasteiger partial charge in [0.25, 0.3) is 0 Å². The maximum atomic E-state index is 5.61. The summed E-state index contributed by atoms with van der Waals surface area (Å²) < 4.78 is 11.6. The molecule has 1 aliphatic carbocycles. The molecule has 0 radical (unpaired) electrons. The molecule has 0 aromatic heterocycles. The second kappa shape index (κ2) is 4.87. The fraction of sp³-hybridized carbons (Fsp3) is 0.474. The molecular formula is C19H28O2Si2. The minimum absolute atomic E-state index is 0.370. The summed E-state index contributed by atoms with van der Waals surface area (Å²) in [6.07, 6.45) is 0. The first-order chi connectivity index (χ1) is 10.6. The van der Waals surface area contributed by atoms with Gasteiger partial charge >= 0.3 is 0 Å². The van der Waals surface area contributed by atoms with E-state index in [4.69, 9.17) is 9.47 Å². The monoisotopic (exact) mass is 344 g/mol. The lowest BCUT2D eigenvalue weighted by atomic mass is 10.1. The van der Waals surface area contributed by atoms with Gasteiger partial charge in [-0.2, -0.15) is 0 Å². The van der Waals surface area contributed by atoms with Gasteiger partial charge in [0.05, 0.1) is 30.4 Å². The predicted molar refractivity (Wildman–Crippen MR) is 105 cm³/mol. The average molecular weight is 345 g/mol. The molecule has 0 N–H and O–H groups in total. The zero-order valence-electron chi connectivity index (χ0n) is 15.6. The molecule has 0 saturated heterocycles. The van der Waals surface area contributed by atoms with Crippen molar-refractivity contribution in [2.24, 2.45) is 0 Å². The minimum atomic E-state index is -1.39. The molecule has 2 nitrogen and oxygen atoms in total. The Morgan fingerprint density at radius 3 is 1.30 bits per heavy atom. The Balaban J connectivity index is 2.34. The van der Waals surface area contributed by atoms with E-state index in [1.54, 1.807) is 25.3 Å². The molecule has 0 atom stereocenters. The lowest BCUT2D eigenvalue weighted by Gasteiger charge is -2.40. The summed E-state index contributed by atoms with van der Waals surface area (Å²) in [6.45, 7) is 15.1. The molecule has 0 aliphatic heterocycles. The van der Waals surface area contributed by atoms with Crippen LogP contribution in [-0.2, 0) is 4.66 Å². The van der Waals surface area contributed by atoms with Crippen LogP contribution in [0.25, 0.3) is 10.8 Å². The first-order valence-corrected chi connectivity index (χ1v) is 15.3. The van der Waals surface area contributed by atoms with E-state index >= 15 is 0 Å². The summed E-state index contributed by atoms with van der Waals surface area (Å²) in [5, 5.41) is 2.37. The standard InChI is InChI=1S/C19H28O2Si2/c1-20-17-9-10-18(21-2)14-12-16-15(11-13(14)17)19(16,22(3,4)5)23(6,7)8/h9-12H,1-8H3. The van der Waals surface area contributed by atoms with E-state index in [0.717, 1.165) is 11.5 Å². The number of ether oxygens (including phenoxy) is 2. The molecule has 0 saturated carbocycles. The predicted octanol–water partition coefficient (Wildman–Crippen LogP) is 5.21. The Bertz CT molecular complexity index is 716. The van der Waals surface area contributed by atoms with Gasteiger partial charge in [-0.15, -0.1) is 0 Å². The van der Waals surface area contributed by atoms with Crippen LogP contribution in [0.2, 0.25) is 39.3 Å². The van der Waals surface area contributed by atoms with Crippen molar-refractivity contribution in [3.63, 3.8) is 0 Å². The second-order valence-corrected chi connectivity index (χ2v) is 19.7. The second-order valence-electron chi connectivity index (χ2n) is 8.66. The third-order valence-corrected chi connectivity index (χ3v) is 15.6. The van der Waals surface area contributed by atoms with Crippen LogP contribution in [0.4, 0.5) is 0 Å². The SMILES string of the molecule is COc1ccc(OC)c2cc3c(cc12)C3([Si](C)(C)C)[Si](C)(C)C. The van der Waals surface area contributed by atoms with Crippen molar-refractivity contribution in [1.29, 1.82) is 0 Å². The molecule has 4 heteroatoms. The van der Waals surface area contributed by atoms with Crippen LogP contribution in [0.5, 0.6) is 11.5 Å². The molecule has 0 heterocycles. The molecule has 0 bridgehead atoms. The molecule has 124 valence electrons. The smallest absolute Gasteiger partial charge is 0.126 e. The van der Waals surface area contributed by atoms with Crippen molar-refractivity contribution in [3.05, 3.63) is 35.4 Å². The summed E-state index contributed by atoms with van der Waals surface area (Å²) in [4.78, 5) is 0. The van der Waals surface area contributed by atoms with Gasteiger partial charge in [-0.25, -0.2) is 0 Å². The number of benzene rings is 2. The fourth-order valence-corrected chi connectivity index (χ4v) is 17.9. The normalized spacial score (nSPS) is 16.2. The van der Waals surface area contributed by atoms with Gasteiger partial charge < -0.3 is 9.47 Å².